The summed E-state index contributed by atoms with van der Waals surface area (Å²) < 4.78 is 2.32. The molecule has 0 aliphatic heterocycles. The Morgan fingerprint density at radius 3 is 2.50 bits per heavy atom. The van der Waals surface area contributed by atoms with Crippen LogP contribution in [-0.4, -0.2) is 15.8 Å². The molecule has 116 valence electrons. The summed E-state index contributed by atoms with van der Waals surface area (Å²) in [6, 6.07) is 14.5. The van der Waals surface area contributed by atoms with Crippen molar-refractivity contribution in [3.05, 3.63) is 48.0 Å². The van der Waals surface area contributed by atoms with Gasteiger partial charge in [0.15, 0.2) is 0 Å². The fourth-order valence-corrected chi connectivity index (χ4v) is 3.32. The van der Waals surface area contributed by atoms with Gasteiger partial charge in [-0.15, -0.1) is 0 Å². The number of aliphatic hydroxyl groups excluding tert-OH is 1. The molecule has 1 aromatic heterocycles. The van der Waals surface area contributed by atoms with Crippen LogP contribution in [0.3, 0.4) is 0 Å². The maximum Gasteiger partial charge on any atom is 0.0732 e. The maximum absolute atomic E-state index is 10.2. The zero-order chi connectivity index (χ0) is 15.7. The van der Waals surface area contributed by atoms with E-state index in [1.807, 2.05) is 0 Å². The highest BCUT2D eigenvalue weighted by Crippen LogP contribution is 2.31. The smallest absolute Gasteiger partial charge is 0.0732 e. The molecule has 0 fully saturated rings. The summed E-state index contributed by atoms with van der Waals surface area (Å²) in [4.78, 5) is 0. The van der Waals surface area contributed by atoms with Crippen LogP contribution in [0.2, 0.25) is 0 Å². The van der Waals surface area contributed by atoms with Gasteiger partial charge in [-0.2, -0.15) is 0 Å². The van der Waals surface area contributed by atoms with Gasteiger partial charge in [-0.05, 0) is 37.1 Å². The molecule has 0 amide bonds. The molecular weight excluding hydrogens is 272 g/mol. The van der Waals surface area contributed by atoms with E-state index in [-0.39, 0.29) is 6.04 Å². The van der Waals surface area contributed by atoms with E-state index >= 15 is 0 Å². The van der Waals surface area contributed by atoms with E-state index in [4.69, 9.17) is 5.73 Å². The number of aromatic nitrogens is 1. The van der Waals surface area contributed by atoms with Crippen molar-refractivity contribution >= 4 is 21.8 Å². The van der Waals surface area contributed by atoms with Crippen LogP contribution in [0.25, 0.3) is 21.8 Å². The lowest BCUT2D eigenvalue weighted by atomic mass is 9.97. The molecule has 2 atom stereocenters. The number of hydrogen-bond donors (Lipinski definition) is 2. The van der Waals surface area contributed by atoms with Crippen LogP contribution in [0.15, 0.2) is 42.5 Å². The van der Waals surface area contributed by atoms with Gasteiger partial charge in [0.1, 0.15) is 0 Å². The molecule has 3 heteroatoms. The first-order chi connectivity index (χ1) is 10.7. The van der Waals surface area contributed by atoms with Gasteiger partial charge in [0.05, 0.1) is 12.1 Å². The summed E-state index contributed by atoms with van der Waals surface area (Å²) in [5.41, 5.74) is 9.73. The molecule has 22 heavy (non-hydrogen) atoms. The molecule has 0 saturated heterocycles. The van der Waals surface area contributed by atoms with Crippen molar-refractivity contribution in [3.63, 3.8) is 0 Å². The van der Waals surface area contributed by atoms with E-state index in [1.54, 1.807) is 0 Å². The van der Waals surface area contributed by atoms with Crippen LogP contribution in [0.1, 0.15) is 38.3 Å². The van der Waals surface area contributed by atoms with E-state index in [1.165, 1.54) is 21.8 Å². The van der Waals surface area contributed by atoms with Gasteiger partial charge >= 0.3 is 0 Å². The van der Waals surface area contributed by atoms with E-state index in [2.05, 4.69) is 60.9 Å². The molecule has 0 spiro atoms. The molecule has 0 aliphatic rings. The number of rotatable bonds is 5. The minimum atomic E-state index is -0.484. The largest absolute Gasteiger partial charge is 0.391 e. The zero-order valence-corrected chi connectivity index (χ0v) is 13.3. The number of aryl methyl sites for hydroxylation is 1. The van der Waals surface area contributed by atoms with Crippen molar-refractivity contribution in [2.75, 3.05) is 0 Å². The minimum absolute atomic E-state index is 0.326. The Labute approximate surface area is 131 Å². The Bertz CT molecular complexity index is 791. The predicted molar refractivity (Wildman–Crippen MR) is 93.0 cm³/mol. The lowest BCUT2D eigenvalue weighted by molar-refractivity contribution is 0.134. The molecule has 0 aliphatic carbocycles. The molecule has 3 nitrogen and oxygen atoms in total. The number of aliphatic hydroxyl groups is 1. The van der Waals surface area contributed by atoms with Crippen molar-refractivity contribution < 1.29 is 5.11 Å². The first kappa shape index (κ1) is 15.1. The van der Waals surface area contributed by atoms with E-state index in [0.29, 0.717) is 0 Å². The Balaban J connectivity index is 2.15. The second kappa shape index (κ2) is 6.11. The van der Waals surface area contributed by atoms with Crippen molar-refractivity contribution in [1.82, 2.24) is 4.57 Å². The van der Waals surface area contributed by atoms with Crippen molar-refractivity contribution in [3.8, 4) is 0 Å². The Morgan fingerprint density at radius 1 is 1.05 bits per heavy atom. The Morgan fingerprint density at radius 2 is 1.77 bits per heavy atom. The summed E-state index contributed by atoms with van der Waals surface area (Å²) in [5, 5.41) is 12.6. The lowest BCUT2D eigenvalue weighted by Gasteiger charge is -2.18. The molecule has 3 rings (SSSR count). The fourth-order valence-electron chi connectivity index (χ4n) is 3.32. The van der Waals surface area contributed by atoms with Gasteiger partial charge < -0.3 is 15.4 Å². The zero-order valence-electron chi connectivity index (χ0n) is 13.3. The second-order valence-corrected chi connectivity index (χ2v) is 5.92. The quantitative estimate of drug-likeness (QED) is 0.748. The number of para-hydroxylation sites is 1. The van der Waals surface area contributed by atoms with Crippen LogP contribution >= 0.6 is 0 Å². The fraction of sp³-hybridized carbons (Fsp3) is 0.368. The van der Waals surface area contributed by atoms with Crippen LogP contribution in [0, 0.1) is 0 Å². The van der Waals surface area contributed by atoms with Gasteiger partial charge in [0.25, 0.3) is 0 Å². The summed E-state index contributed by atoms with van der Waals surface area (Å²) in [7, 11) is 0. The molecule has 0 bridgehead atoms. The highest BCUT2D eigenvalue weighted by molar-refractivity contribution is 6.08. The minimum Gasteiger partial charge on any atom is -0.391 e. The number of fused-ring (bicyclic) bond motifs is 3. The first-order valence-electron chi connectivity index (χ1n) is 8.11. The van der Waals surface area contributed by atoms with Crippen LogP contribution < -0.4 is 5.73 Å². The summed E-state index contributed by atoms with van der Waals surface area (Å²) >= 11 is 0. The lowest BCUT2D eigenvalue weighted by Crippen LogP contribution is -2.25. The van der Waals surface area contributed by atoms with E-state index in [0.717, 1.165) is 24.9 Å². The molecule has 2 aromatic carbocycles. The molecule has 0 unspecified atom stereocenters. The molecular formula is C19H24N2O. The number of hydrogen-bond acceptors (Lipinski definition) is 2. The SMILES string of the molecule is CCC[C@H](O)[C@H](N)c1ccc2c(c1)c1ccccc1n2CC. The predicted octanol–water partition coefficient (Wildman–Crippen LogP) is 3.98. The number of nitrogens with two attached hydrogens (primary N) is 1. The third-order valence-corrected chi connectivity index (χ3v) is 4.50. The summed E-state index contributed by atoms with van der Waals surface area (Å²) in [5.74, 6) is 0. The summed E-state index contributed by atoms with van der Waals surface area (Å²) in [6.45, 7) is 5.17. The normalized spacial score (nSPS) is 14.5. The standard InChI is InChI=1S/C19H24N2O/c1-3-7-18(22)19(20)13-10-11-17-15(12-13)14-8-5-6-9-16(14)21(17)4-2/h5-6,8-12,18-19,22H,3-4,7,20H2,1-2H3/t18-,19+/m0/s1. The first-order valence-corrected chi connectivity index (χ1v) is 8.11. The van der Waals surface area contributed by atoms with Crippen LogP contribution in [-0.2, 0) is 6.54 Å². The van der Waals surface area contributed by atoms with Gasteiger partial charge in [-0.3, -0.25) is 0 Å². The molecule has 0 radical (unpaired) electrons. The van der Waals surface area contributed by atoms with Gasteiger partial charge in [-0.25, -0.2) is 0 Å². The number of nitrogens with zero attached hydrogens (tertiary/aromatic N) is 1. The maximum atomic E-state index is 10.2. The van der Waals surface area contributed by atoms with Crippen molar-refractivity contribution in [2.45, 2.75) is 45.4 Å². The third kappa shape index (κ3) is 2.40. The van der Waals surface area contributed by atoms with Gasteiger partial charge in [0, 0.05) is 28.4 Å². The Kier molecular flexibility index (Phi) is 4.19. The Hall–Kier alpha value is -1.84. The van der Waals surface area contributed by atoms with Crippen LogP contribution in [0.5, 0.6) is 0 Å². The van der Waals surface area contributed by atoms with E-state index < -0.39 is 6.10 Å². The second-order valence-electron chi connectivity index (χ2n) is 5.92. The molecule has 3 N–H and O–H groups in total. The summed E-state index contributed by atoms with van der Waals surface area (Å²) in [6.07, 6.45) is 1.18. The highest BCUT2D eigenvalue weighted by atomic mass is 16.3. The van der Waals surface area contributed by atoms with Crippen LogP contribution in [0.4, 0.5) is 0 Å². The van der Waals surface area contributed by atoms with Crippen molar-refractivity contribution in [1.29, 1.82) is 0 Å². The topological polar surface area (TPSA) is 51.2 Å². The molecule has 3 aromatic rings. The average molecular weight is 296 g/mol. The number of benzene rings is 2. The van der Waals surface area contributed by atoms with E-state index in [9.17, 15) is 5.11 Å². The molecule has 0 saturated carbocycles. The van der Waals surface area contributed by atoms with Gasteiger partial charge in [-0.1, -0.05) is 37.6 Å². The monoisotopic (exact) mass is 296 g/mol. The van der Waals surface area contributed by atoms with Gasteiger partial charge in [0.2, 0.25) is 0 Å². The highest BCUT2D eigenvalue weighted by Gasteiger charge is 2.18. The van der Waals surface area contributed by atoms with Crippen molar-refractivity contribution in [2.24, 2.45) is 5.73 Å². The average Bonchev–Trinajstić information content (AvgIpc) is 2.87. The molecule has 1 heterocycles. The third-order valence-electron chi connectivity index (χ3n) is 4.50.